The molecular formula is C24H42N4O4S. The number of aromatic nitrogens is 1. The molecule has 0 aliphatic carbocycles. The number of anilines is 1. The van der Waals surface area contributed by atoms with Crippen LogP contribution in [0.1, 0.15) is 74.7 Å². The van der Waals surface area contributed by atoms with Crippen LogP contribution in [-0.2, 0) is 14.8 Å². The van der Waals surface area contributed by atoms with Crippen molar-refractivity contribution in [3.8, 4) is 0 Å². The summed E-state index contributed by atoms with van der Waals surface area (Å²) in [5.74, 6) is 1.16. The monoisotopic (exact) mass is 482 g/mol. The number of hydrogen-bond acceptors (Lipinski definition) is 6. The van der Waals surface area contributed by atoms with Gasteiger partial charge in [0.2, 0.25) is 0 Å². The molecule has 1 aromatic heterocycles. The van der Waals surface area contributed by atoms with Crippen LogP contribution in [-0.4, -0.2) is 48.6 Å². The van der Waals surface area contributed by atoms with Crippen molar-refractivity contribution in [2.75, 3.05) is 18.4 Å². The molecule has 8 nitrogen and oxygen atoms in total. The lowest BCUT2D eigenvalue weighted by molar-refractivity contribution is 0.0130. The molecule has 0 radical (unpaired) electrons. The lowest BCUT2D eigenvalue weighted by Gasteiger charge is -2.33. The minimum atomic E-state index is -3.85. The van der Waals surface area contributed by atoms with Gasteiger partial charge in [-0.2, -0.15) is 0 Å². The fraction of sp³-hybridized carbons (Fsp3) is 0.750. The first-order chi connectivity index (χ1) is 14.9. The summed E-state index contributed by atoms with van der Waals surface area (Å²) >= 11 is 0. The Morgan fingerprint density at radius 3 is 2.45 bits per heavy atom. The summed E-state index contributed by atoms with van der Waals surface area (Å²) in [4.78, 5) is 18.8. The van der Waals surface area contributed by atoms with Gasteiger partial charge in [0.15, 0.2) is 5.03 Å². The first-order valence-electron chi connectivity index (χ1n) is 11.6. The van der Waals surface area contributed by atoms with Crippen LogP contribution in [0.5, 0.6) is 0 Å². The van der Waals surface area contributed by atoms with Gasteiger partial charge in [-0.25, -0.2) is 23.3 Å². The van der Waals surface area contributed by atoms with Crippen LogP contribution in [0, 0.1) is 17.3 Å². The first kappa shape index (κ1) is 27.4. The number of amides is 1. The highest BCUT2D eigenvalue weighted by molar-refractivity contribution is 7.89. The second kappa shape index (κ2) is 9.78. The molecule has 2 heterocycles. The molecular weight excluding hydrogens is 440 g/mol. The van der Waals surface area contributed by atoms with Gasteiger partial charge in [-0.05, 0) is 83.3 Å². The molecule has 0 saturated carbocycles. The minimum absolute atomic E-state index is 0.126. The van der Waals surface area contributed by atoms with E-state index in [0.29, 0.717) is 30.7 Å². The second-order valence-electron chi connectivity index (χ2n) is 12.1. The number of carbonyl (C=O) groups excluding carboxylic acids is 1. The van der Waals surface area contributed by atoms with Crippen LogP contribution >= 0.6 is 0 Å². The minimum Gasteiger partial charge on any atom is -0.444 e. The van der Waals surface area contributed by atoms with Crippen molar-refractivity contribution in [2.24, 2.45) is 22.4 Å². The number of nitrogens with two attached hydrogens (primary N) is 1. The number of carbonyl (C=O) groups is 1. The maximum Gasteiger partial charge on any atom is 0.410 e. The van der Waals surface area contributed by atoms with Crippen LogP contribution < -0.4 is 10.5 Å². The topological polar surface area (TPSA) is 115 Å². The Labute approximate surface area is 199 Å². The largest absolute Gasteiger partial charge is 0.444 e. The maximum absolute atomic E-state index is 12.8. The third kappa shape index (κ3) is 8.77. The van der Waals surface area contributed by atoms with Crippen LogP contribution in [0.3, 0.4) is 0 Å². The molecule has 3 N–H and O–H groups in total. The van der Waals surface area contributed by atoms with Crippen molar-refractivity contribution in [2.45, 2.75) is 90.8 Å². The van der Waals surface area contributed by atoms with E-state index in [1.165, 1.54) is 6.07 Å². The quantitative estimate of drug-likeness (QED) is 0.586. The highest BCUT2D eigenvalue weighted by Crippen LogP contribution is 2.39. The average Bonchev–Trinajstić information content (AvgIpc) is 2.90. The number of rotatable bonds is 7. The lowest BCUT2D eigenvalue weighted by Crippen LogP contribution is -2.45. The maximum atomic E-state index is 12.8. The van der Waals surface area contributed by atoms with Gasteiger partial charge in [0.05, 0.1) is 0 Å². The zero-order chi connectivity index (χ0) is 25.2. The van der Waals surface area contributed by atoms with E-state index in [-0.39, 0.29) is 22.1 Å². The van der Waals surface area contributed by atoms with Gasteiger partial charge in [0.25, 0.3) is 10.0 Å². The Hall–Kier alpha value is -1.87. The molecule has 2 rings (SSSR count). The number of nitrogens with one attached hydrogen (secondary N) is 1. The summed E-state index contributed by atoms with van der Waals surface area (Å²) in [6.45, 7) is 17.8. The standard InChI is InChI=1S/C24H42N4O4S/c1-22(2,3)13-17(15-26-19-10-9-11-20(27-19)33(25,30)31)12-18-14-24(7,8)28(16-18)21(29)32-23(4,5)6/h9-11,17-18H,12-16H2,1-8H3,(H,26,27)(H2,25,30,31)/t17?,18-/m0/s1. The molecule has 0 spiro atoms. The van der Waals surface area contributed by atoms with Gasteiger partial charge in [-0.15, -0.1) is 0 Å². The Morgan fingerprint density at radius 2 is 1.91 bits per heavy atom. The number of likely N-dealkylation sites (tertiary alicyclic amines) is 1. The number of nitrogens with zero attached hydrogens (tertiary/aromatic N) is 2. The molecule has 1 aliphatic heterocycles. The Morgan fingerprint density at radius 1 is 1.27 bits per heavy atom. The lowest BCUT2D eigenvalue weighted by atomic mass is 9.79. The molecule has 0 bridgehead atoms. The molecule has 1 fully saturated rings. The van der Waals surface area contributed by atoms with Gasteiger partial charge in [-0.1, -0.05) is 26.8 Å². The zero-order valence-corrected chi connectivity index (χ0v) is 22.3. The number of pyridine rings is 1. The van der Waals surface area contributed by atoms with Gasteiger partial charge < -0.3 is 15.0 Å². The molecule has 1 unspecified atom stereocenters. The fourth-order valence-corrected chi connectivity index (χ4v) is 5.17. The summed E-state index contributed by atoms with van der Waals surface area (Å²) in [5, 5.41) is 8.37. The highest BCUT2D eigenvalue weighted by atomic mass is 32.2. The first-order valence-corrected chi connectivity index (χ1v) is 13.1. The highest BCUT2D eigenvalue weighted by Gasteiger charge is 2.43. The third-order valence-electron chi connectivity index (χ3n) is 5.73. The smallest absolute Gasteiger partial charge is 0.410 e. The van der Waals surface area contributed by atoms with E-state index in [2.05, 4.69) is 44.9 Å². The van der Waals surface area contributed by atoms with Crippen molar-refractivity contribution in [3.63, 3.8) is 0 Å². The number of hydrogen-bond donors (Lipinski definition) is 2. The average molecular weight is 483 g/mol. The second-order valence-corrected chi connectivity index (χ2v) is 13.6. The van der Waals surface area contributed by atoms with Gasteiger partial charge in [-0.3, -0.25) is 0 Å². The van der Waals surface area contributed by atoms with E-state index in [4.69, 9.17) is 9.88 Å². The van der Waals surface area contributed by atoms with E-state index in [9.17, 15) is 13.2 Å². The normalized spacial score (nSPS) is 19.9. The Bertz CT molecular complexity index is 933. The van der Waals surface area contributed by atoms with Crippen LogP contribution in [0.15, 0.2) is 23.2 Å². The van der Waals surface area contributed by atoms with E-state index in [0.717, 1.165) is 19.3 Å². The molecule has 1 saturated heterocycles. The SMILES string of the molecule is CC(C)(C)CC(CNc1cccc(S(N)(=O)=O)n1)C[C@@H]1CN(C(=O)OC(C)(C)C)C(C)(C)C1. The molecule has 9 heteroatoms. The van der Waals surface area contributed by atoms with Crippen LogP contribution in [0.4, 0.5) is 10.6 Å². The predicted molar refractivity (Wildman–Crippen MR) is 131 cm³/mol. The van der Waals surface area contributed by atoms with Crippen molar-refractivity contribution >= 4 is 21.9 Å². The Balaban J connectivity index is 2.10. The van der Waals surface area contributed by atoms with Crippen LogP contribution in [0.2, 0.25) is 0 Å². The number of ether oxygens (including phenoxy) is 1. The van der Waals surface area contributed by atoms with Crippen molar-refractivity contribution in [1.29, 1.82) is 0 Å². The molecule has 1 aliphatic rings. The van der Waals surface area contributed by atoms with Gasteiger partial charge in [0, 0.05) is 18.6 Å². The number of primary sulfonamides is 1. The van der Waals surface area contributed by atoms with E-state index in [1.54, 1.807) is 12.1 Å². The van der Waals surface area contributed by atoms with Crippen molar-refractivity contribution < 1.29 is 17.9 Å². The Kier molecular flexibility index (Phi) is 8.11. The molecule has 2 atom stereocenters. The third-order valence-corrected chi connectivity index (χ3v) is 6.54. The van der Waals surface area contributed by atoms with E-state index < -0.39 is 15.6 Å². The summed E-state index contributed by atoms with van der Waals surface area (Å²) < 4.78 is 28.9. The van der Waals surface area contributed by atoms with E-state index in [1.807, 2.05) is 25.7 Å². The predicted octanol–water partition coefficient (Wildman–Crippen LogP) is 4.62. The number of sulfonamides is 1. The van der Waals surface area contributed by atoms with E-state index >= 15 is 0 Å². The van der Waals surface area contributed by atoms with Crippen molar-refractivity contribution in [1.82, 2.24) is 9.88 Å². The van der Waals surface area contributed by atoms with Gasteiger partial charge in [0.1, 0.15) is 11.4 Å². The van der Waals surface area contributed by atoms with Crippen molar-refractivity contribution in [3.05, 3.63) is 18.2 Å². The molecule has 33 heavy (non-hydrogen) atoms. The summed E-state index contributed by atoms with van der Waals surface area (Å²) in [7, 11) is -3.85. The molecule has 1 aromatic rings. The summed E-state index contributed by atoms with van der Waals surface area (Å²) in [6.07, 6.45) is 2.58. The summed E-state index contributed by atoms with van der Waals surface area (Å²) in [5.41, 5.74) is -0.665. The molecule has 1 amide bonds. The van der Waals surface area contributed by atoms with Gasteiger partial charge >= 0.3 is 6.09 Å². The molecule has 188 valence electrons. The summed E-state index contributed by atoms with van der Waals surface area (Å²) in [6, 6.07) is 4.76. The fourth-order valence-electron chi connectivity index (χ4n) is 4.68. The zero-order valence-electron chi connectivity index (χ0n) is 21.4. The molecule has 0 aromatic carbocycles. The van der Waals surface area contributed by atoms with Crippen LogP contribution in [0.25, 0.3) is 0 Å².